The van der Waals surface area contributed by atoms with Gasteiger partial charge in [-0.1, -0.05) is 0 Å². The zero-order valence-corrected chi connectivity index (χ0v) is 10.0. The molecule has 0 spiro atoms. The molecule has 0 saturated heterocycles. The van der Waals surface area contributed by atoms with Crippen molar-refractivity contribution in [2.75, 3.05) is 6.61 Å². The van der Waals surface area contributed by atoms with Gasteiger partial charge in [0.2, 0.25) is 5.95 Å². The molecule has 2 aromatic rings. The van der Waals surface area contributed by atoms with Crippen molar-refractivity contribution in [3.05, 3.63) is 40.1 Å². The second kappa shape index (κ2) is 4.82. The number of ether oxygens (including phenoxy) is 1. The molecule has 94 valence electrons. The van der Waals surface area contributed by atoms with E-state index in [2.05, 4.69) is 15.1 Å². The highest BCUT2D eigenvalue weighted by Gasteiger charge is 2.11. The van der Waals surface area contributed by atoms with Crippen LogP contribution in [0.15, 0.2) is 23.3 Å². The molecule has 0 fully saturated rings. The molecule has 2 aromatic heterocycles. The first-order valence-electron chi connectivity index (χ1n) is 5.40. The number of H-pyrrole nitrogens is 1. The summed E-state index contributed by atoms with van der Waals surface area (Å²) in [6.07, 6.45) is 2.82. The second-order valence-electron chi connectivity index (χ2n) is 3.60. The number of rotatable bonds is 3. The van der Waals surface area contributed by atoms with E-state index in [1.54, 1.807) is 13.8 Å². The molecule has 2 heterocycles. The zero-order valence-electron chi connectivity index (χ0n) is 10.0. The maximum atomic E-state index is 11.5. The minimum atomic E-state index is -0.459. The Kier molecular flexibility index (Phi) is 3.22. The van der Waals surface area contributed by atoms with Crippen molar-refractivity contribution >= 4 is 5.97 Å². The fraction of sp³-hybridized carbons (Fsp3) is 0.273. The van der Waals surface area contributed by atoms with Gasteiger partial charge in [0.25, 0.3) is 5.56 Å². The number of carbonyl (C=O) groups excluding carboxylic acids is 1. The van der Waals surface area contributed by atoms with Gasteiger partial charge < -0.3 is 4.74 Å². The molecule has 0 radical (unpaired) electrons. The molecule has 0 saturated carbocycles. The molecule has 0 atom stereocenters. The van der Waals surface area contributed by atoms with Crippen LogP contribution in [0.4, 0.5) is 0 Å². The lowest BCUT2D eigenvalue weighted by Crippen LogP contribution is -2.13. The maximum Gasteiger partial charge on any atom is 0.341 e. The Morgan fingerprint density at radius 2 is 2.33 bits per heavy atom. The summed E-state index contributed by atoms with van der Waals surface area (Å²) in [6, 6.07) is 1.37. The Bertz CT molecular complexity index is 629. The molecule has 2 rings (SSSR count). The van der Waals surface area contributed by atoms with E-state index < -0.39 is 5.97 Å². The monoisotopic (exact) mass is 248 g/mol. The van der Waals surface area contributed by atoms with Crippen LogP contribution < -0.4 is 5.56 Å². The number of aromatic nitrogens is 4. The number of aryl methyl sites for hydroxylation is 1. The summed E-state index contributed by atoms with van der Waals surface area (Å²) in [4.78, 5) is 29.4. The van der Waals surface area contributed by atoms with Crippen LogP contribution in [-0.4, -0.2) is 32.3 Å². The Balaban J connectivity index is 2.34. The highest BCUT2D eigenvalue weighted by atomic mass is 16.5. The predicted molar refractivity (Wildman–Crippen MR) is 62.7 cm³/mol. The van der Waals surface area contributed by atoms with E-state index in [4.69, 9.17) is 4.74 Å². The van der Waals surface area contributed by atoms with Gasteiger partial charge in [-0.3, -0.25) is 9.78 Å². The Hall–Kier alpha value is -2.44. The SMILES string of the molecule is CCOC(=O)c1cnn(-c2nc(C)cc(=O)[nH]2)c1. The van der Waals surface area contributed by atoms with E-state index in [-0.39, 0.29) is 11.5 Å². The van der Waals surface area contributed by atoms with Gasteiger partial charge in [0.1, 0.15) is 0 Å². The van der Waals surface area contributed by atoms with Crippen LogP contribution in [0.25, 0.3) is 5.95 Å². The summed E-state index contributed by atoms with van der Waals surface area (Å²) in [5, 5.41) is 3.96. The Morgan fingerprint density at radius 3 is 3.00 bits per heavy atom. The number of hydrogen-bond donors (Lipinski definition) is 1. The first-order chi connectivity index (χ1) is 8.60. The number of aromatic amines is 1. The highest BCUT2D eigenvalue weighted by Crippen LogP contribution is 2.04. The predicted octanol–water partition coefficient (Wildman–Crippen LogP) is 0.441. The van der Waals surface area contributed by atoms with Crippen molar-refractivity contribution in [3.8, 4) is 5.95 Å². The van der Waals surface area contributed by atoms with E-state index >= 15 is 0 Å². The van der Waals surface area contributed by atoms with E-state index in [9.17, 15) is 9.59 Å². The molecule has 0 bridgehead atoms. The topological polar surface area (TPSA) is 89.9 Å². The molecule has 0 unspecified atom stereocenters. The van der Waals surface area contributed by atoms with Crippen LogP contribution in [0.3, 0.4) is 0 Å². The van der Waals surface area contributed by atoms with Gasteiger partial charge in [-0.15, -0.1) is 0 Å². The third-order valence-electron chi connectivity index (χ3n) is 2.17. The van der Waals surface area contributed by atoms with Gasteiger partial charge in [0.15, 0.2) is 0 Å². The van der Waals surface area contributed by atoms with E-state index in [1.807, 2.05) is 0 Å². The van der Waals surface area contributed by atoms with Crippen LogP contribution in [0.1, 0.15) is 23.0 Å². The van der Waals surface area contributed by atoms with E-state index in [1.165, 1.54) is 23.1 Å². The minimum Gasteiger partial charge on any atom is -0.462 e. The van der Waals surface area contributed by atoms with Crippen LogP contribution in [-0.2, 0) is 4.74 Å². The number of carbonyl (C=O) groups is 1. The van der Waals surface area contributed by atoms with Gasteiger partial charge >= 0.3 is 5.97 Å². The minimum absolute atomic E-state index is 0.260. The summed E-state index contributed by atoms with van der Waals surface area (Å²) >= 11 is 0. The third kappa shape index (κ3) is 2.45. The number of nitrogens with zero attached hydrogens (tertiary/aromatic N) is 3. The standard InChI is InChI=1S/C11H12N4O3/c1-3-18-10(17)8-5-12-15(6-8)11-13-7(2)4-9(16)14-11/h4-6H,3H2,1-2H3,(H,13,14,16). The lowest BCUT2D eigenvalue weighted by Gasteiger charge is -2.00. The van der Waals surface area contributed by atoms with Gasteiger partial charge in [0.05, 0.1) is 18.4 Å². The molecular weight excluding hydrogens is 236 g/mol. The molecule has 0 aliphatic carbocycles. The molecule has 7 nitrogen and oxygen atoms in total. The van der Waals surface area contributed by atoms with Crippen molar-refractivity contribution in [1.29, 1.82) is 0 Å². The summed E-state index contributed by atoms with van der Waals surface area (Å²) in [7, 11) is 0. The largest absolute Gasteiger partial charge is 0.462 e. The summed E-state index contributed by atoms with van der Waals surface area (Å²) in [5.74, 6) is -0.200. The van der Waals surface area contributed by atoms with E-state index in [0.717, 1.165) is 0 Å². The number of esters is 1. The van der Waals surface area contributed by atoms with Gasteiger partial charge in [-0.25, -0.2) is 14.5 Å². The normalized spacial score (nSPS) is 10.3. The Labute approximate surface area is 102 Å². The van der Waals surface area contributed by atoms with Crippen molar-refractivity contribution in [1.82, 2.24) is 19.7 Å². The summed E-state index contributed by atoms with van der Waals surface area (Å²) in [6.45, 7) is 3.72. The molecule has 0 aliphatic heterocycles. The smallest absolute Gasteiger partial charge is 0.341 e. The van der Waals surface area contributed by atoms with Gasteiger partial charge in [0, 0.05) is 18.0 Å². The average molecular weight is 248 g/mol. The lowest BCUT2D eigenvalue weighted by atomic mass is 10.4. The first-order valence-corrected chi connectivity index (χ1v) is 5.40. The first kappa shape index (κ1) is 12.0. The molecule has 0 aliphatic rings. The number of nitrogens with one attached hydrogen (secondary N) is 1. The fourth-order valence-corrected chi connectivity index (χ4v) is 1.43. The van der Waals surface area contributed by atoms with Crippen LogP contribution in [0, 0.1) is 6.92 Å². The molecule has 0 amide bonds. The average Bonchev–Trinajstić information content (AvgIpc) is 2.77. The molecule has 0 aromatic carbocycles. The maximum absolute atomic E-state index is 11.5. The molecule has 7 heteroatoms. The van der Waals surface area contributed by atoms with E-state index in [0.29, 0.717) is 17.9 Å². The van der Waals surface area contributed by atoms with Gasteiger partial charge in [-0.2, -0.15) is 5.10 Å². The fourth-order valence-electron chi connectivity index (χ4n) is 1.43. The lowest BCUT2D eigenvalue weighted by molar-refractivity contribution is 0.0526. The van der Waals surface area contributed by atoms with Crippen LogP contribution >= 0.6 is 0 Å². The zero-order chi connectivity index (χ0) is 13.1. The number of hydrogen-bond acceptors (Lipinski definition) is 5. The quantitative estimate of drug-likeness (QED) is 0.796. The van der Waals surface area contributed by atoms with Gasteiger partial charge in [-0.05, 0) is 13.8 Å². The molecular formula is C11H12N4O3. The highest BCUT2D eigenvalue weighted by molar-refractivity contribution is 5.88. The molecule has 1 N–H and O–H groups in total. The van der Waals surface area contributed by atoms with Crippen molar-refractivity contribution in [2.45, 2.75) is 13.8 Å². The van der Waals surface area contributed by atoms with Crippen LogP contribution in [0.5, 0.6) is 0 Å². The second-order valence-corrected chi connectivity index (χ2v) is 3.60. The summed E-state index contributed by atoms with van der Waals surface area (Å²) in [5.41, 5.74) is 0.605. The van der Waals surface area contributed by atoms with Crippen molar-refractivity contribution in [3.63, 3.8) is 0 Å². The molecule has 18 heavy (non-hydrogen) atoms. The van der Waals surface area contributed by atoms with Crippen molar-refractivity contribution < 1.29 is 9.53 Å². The van der Waals surface area contributed by atoms with Crippen molar-refractivity contribution in [2.24, 2.45) is 0 Å². The van der Waals surface area contributed by atoms with Crippen LogP contribution in [0.2, 0.25) is 0 Å². The summed E-state index contributed by atoms with van der Waals surface area (Å²) < 4.78 is 6.16. The Morgan fingerprint density at radius 1 is 1.56 bits per heavy atom. The third-order valence-corrected chi connectivity index (χ3v) is 2.17.